The summed E-state index contributed by atoms with van der Waals surface area (Å²) in [4.78, 5) is 0. The van der Waals surface area contributed by atoms with Crippen molar-refractivity contribution in [2.75, 3.05) is 32.8 Å². The zero-order valence-electron chi connectivity index (χ0n) is 10.1. The molecule has 2 fully saturated rings. The largest absolute Gasteiger partial charge is 0.396 e. The summed E-state index contributed by atoms with van der Waals surface area (Å²) in [5, 5.41) is 11.8. The number of aliphatic hydroxyl groups excluding tert-OH is 1. The van der Waals surface area contributed by atoms with Gasteiger partial charge in [0.15, 0.2) is 0 Å². The predicted molar refractivity (Wildman–Crippen MR) is 66.2 cm³/mol. The highest BCUT2D eigenvalue weighted by atomic mass is 32.2. The molecule has 17 heavy (non-hydrogen) atoms. The van der Waals surface area contributed by atoms with Crippen molar-refractivity contribution in [3.8, 4) is 0 Å². The molecular weight excluding hydrogens is 240 g/mol. The molecule has 2 aliphatic rings. The number of hydrogen-bond donors (Lipinski definition) is 2. The van der Waals surface area contributed by atoms with Crippen molar-refractivity contribution in [2.45, 2.75) is 30.9 Å². The molecule has 100 valence electrons. The Balaban J connectivity index is 2.00. The lowest BCUT2D eigenvalue weighted by Crippen LogP contribution is -2.45. The minimum absolute atomic E-state index is 0.156. The molecule has 0 aromatic rings. The topological polar surface area (TPSA) is 69.6 Å². The van der Waals surface area contributed by atoms with Crippen LogP contribution in [0, 0.1) is 5.92 Å². The zero-order valence-corrected chi connectivity index (χ0v) is 11.0. The average Bonchev–Trinajstić information content (AvgIpc) is 2.84. The van der Waals surface area contributed by atoms with Gasteiger partial charge in [0, 0.05) is 26.2 Å². The zero-order chi connectivity index (χ0) is 12.3. The van der Waals surface area contributed by atoms with Crippen molar-refractivity contribution in [2.24, 2.45) is 5.92 Å². The monoisotopic (exact) mass is 262 g/mol. The first-order valence-corrected chi connectivity index (χ1v) is 7.95. The summed E-state index contributed by atoms with van der Waals surface area (Å²) in [5.41, 5.74) is 0. The first-order valence-electron chi connectivity index (χ1n) is 6.45. The minimum Gasteiger partial charge on any atom is -0.396 e. The SMILES string of the molecule is O=S(=O)(C1CCNC1)N1CCCC(CCO)C1. The second-order valence-corrected chi connectivity index (χ2v) is 7.25. The van der Waals surface area contributed by atoms with Gasteiger partial charge in [-0.1, -0.05) is 0 Å². The van der Waals surface area contributed by atoms with Crippen molar-refractivity contribution in [3.05, 3.63) is 0 Å². The summed E-state index contributed by atoms with van der Waals surface area (Å²) in [7, 11) is -3.12. The number of nitrogens with one attached hydrogen (secondary N) is 1. The third-order valence-corrected chi connectivity index (χ3v) is 6.11. The van der Waals surface area contributed by atoms with Crippen LogP contribution in [0.3, 0.4) is 0 Å². The van der Waals surface area contributed by atoms with E-state index in [0.29, 0.717) is 25.6 Å². The van der Waals surface area contributed by atoms with Crippen LogP contribution in [0.5, 0.6) is 0 Å². The Morgan fingerprint density at radius 2 is 2.18 bits per heavy atom. The van der Waals surface area contributed by atoms with Crippen LogP contribution in [0.2, 0.25) is 0 Å². The molecule has 0 radical (unpaired) electrons. The highest BCUT2D eigenvalue weighted by Gasteiger charge is 2.36. The molecule has 0 bridgehead atoms. The van der Waals surface area contributed by atoms with E-state index in [9.17, 15) is 8.42 Å². The van der Waals surface area contributed by atoms with Gasteiger partial charge in [-0.2, -0.15) is 0 Å². The van der Waals surface area contributed by atoms with Gasteiger partial charge in [0.05, 0.1) is 5.25 Å². The number of hydrogen-bond acceptors (Lipinski definition) is 4. The van der Waals surface area contributed by atoms with E-state index in [1.807, 2.05) is 0 Å². The number of sulfonamides is 1. The molecule has 0 aliphatic carbocycles. The maximum absolute atomic E-state index is 12.4. The lowest BCUT2D eigenvalue weighted by atomic mass is 9.97. The smallest absolute Gasteiger partial charge is 0.218 e. The van der Waals surface area contributed by atoms with Crippen LogP contribution in [-0.2, 0) is 10.0 Å². The molecule has 2 saturated heterocycles. The molecule has 0 amide bonds. The Labute approximate surface area is 103 Å². The summed E-state index contributed by atoms with van der Waals surface area (Å²) < 4.78 is 26.4. The minimum atomic E-state index is -3.12. The number of nitrogens with zero attached hydrogens (tertiary/aromatic N) is 1. The Bertz CT molecular complexity index is 337. The first-order chi connectivity index (χ1) is 8.14. The van der Waals surface area contributed by atoms with Gasteiger partial charge >= 0.3 is 0 Å². The Morgan fingerprint density at radius 3 is 2.82 bits per heavy atom. The van der Waals surface area contributed by atoms with Crippen molar-refractivity contribution in [3.63, 3.8) is 0 Å². The third-order valence-electron chi connectivity index (χ3n) is 3.82. The normalized spacial score (nSPS) is 31.8. The van der Waals surface area contributed by atoms with Gasteiger partial charge in [0.25, 0.3) is 0 Å². The van der Waals surface area contributed by atoms with E-state index in [1.54, 1.807) is 4.31 Å². The van der Waals surface area contributed by atoms with Gasteiger partial charge in [-0.15, -0.1) is 0 Å². The van der Waals surface area contributed by atoms with E-state index in [-0.39, 0.29) is 11.9 Å². The van der Waals surface area contributed by atoms with Gasteiger partial charge in [-0.05, 0) is 38.1 Å². The number of rotatable bonds is 4. The molecule has 2 rings (SSSR count). The van der Waals surface area contributed by atoms with E-state index < -0.39 is 10.0 Å². The second-order valence-electron chi connectivity index (χ2n) is 5.04. The van der Waals surface area contributed by atoms with E-state index in [4.69, 9.17) is 5.11 Å². The summed E-state index contributed by atoms with van der Waals surface area (Å²) in [6, 6.07) is 0. The molecular formula is C11H22N2O3S. The first kappa shape index (κ1) is 13.3. The molecule has 0 aromatic heterocycles. The molecule has 0 spiro atoms. The molecule has 2 N–H and O–H groups in total. The molecule has 0 saturated carbocycles. The Morgan fingerprint density at radius 1 is 1.35 bits per heavy atom. The summed E-state index contributed by atoms with van der Waals surface area (Å²) >= 11 is 0. The second kappa shape index (κ2) is 5.65. The summed E-state index contributed by atoms with van der Waals surface area (Å²) in [5.74, 6) is 0.331. The quantitative estimate of drug-likeness (QED) is 0.734. The van der Waals surface area contributed by atoms with E-state index in [2.05, 4.69) is 5.32 Å². The van der Waals surface area contributed by atoms with E-state index >= 15 is 0 Å². The van der Waals surface area contributed by atoms with Gasteiger partial charge in [-0.3, -0.25) is 0 Å². The fraction of sp³-hybridized carbons (Fsp3) is 1.00. The number of aliphatic hydroxyl groups is 1. The van der Waals surface area contributed by atoms with Crippen LogP contribution in [-0.4, -0.2) is 55.9 Å². The molecule has 2 aliphatic heterocycles. The summed E-state index contributed by atoms with van der Waals surface area (Å²) in [6.45, 7) is 2.80. The maximum atomic E-state index is 12.4. The van der Waals surface area contributed by atoms with E-state index in [1.165, 1.54) is 0 Å². The summed E-state index contributed by atoms with van der Waals surface area (Å²) in [6.07, 6.45) is 3.40. The van der Waals surface area contributed by atoms with Crippen molar-refractivity contribution < 1.29 is 13.5 Å². The fourth-order valence-corrected chi connectivity index (χ4v) is 4.74. The van der Waals surface area contributed by atoms with E-state index in [0.717, 1.165) is 32.2 Å². The number of piperidine rings is 1. The molecule has 0 aromatic carbocycles. The lowest BCUT2D eigenvalue weighted by molar-refractivity contribution is 0.202. The lowest BCUT2D eigenvalue weighted by Gasteiger charge is -2.33. The van der Waals surface area contributed by atoms with Crippen molar-refractivity contribution >= 4 is 10.0 Å². The molecule has 2 heterocycles. The van der Waals surface area contributed by atoms with Crippen LogP contribution < -0.4 is 5.32 Å². The highest BCUT2D eigenvalue weighted by molar-refractivity contribution is 7.89. The van der Waals surface area contributed by atoms with Crippen molar-refractivity contribution in [1.29, 1.82) is 0 Å². The van der Waals surface area contributed by atoms with Gasteiger partial charge in [0.1, 0.15) is 0 Å². The molecule has 2 unspecified atom stereocenters. The highest BCUT2D eigenvalue weighted by Crippen LogP contribution is 2.24. The third kappa shape index (κ3) is 2.99. The van der Waals surface area contributed by atoms with Crippen LogP contribution >= 0.6 is 0 Å². The van der Waals surface area contributed by atoms with Gasteiger partial charge in [0.2, 0.25) is 10.0 Å². The Kier molecular flexibility index (Phi) is 4.41. The molecule has 6 heteroatoms. The molecule has 5 nitrogen and oxygen atoms in total. The standard InChI is InChI=1S/C11H22N2O3S/c14-7-4-10-2-1-6-13(9-10)17(15,16)11-3-5-12-8-11/h10-12,14H,1-9H2. The average molecular weight is 262 g/mol. The van der Waals surface area contributed by atoms with Crippen LogP contribution in [0.15, 0.2) is 0 Å². The van der Waals surface area contributed by atoms with Gasteiger partial charge in [-0.25, -0.2) is 12.7 Å². The van der Waals surface area contributed by atoms with Crippen molar-refractivity contribution in [1.82, 2.24) is 9.62 Å². The predicted octanol–water partition coefficient (Wildman–Crippen LogP) is -0.227. The fourth-order valence-electron chi connectivity index (χ4n) is 2.77. The van der Waals surface area contributed by atoms with Crippen LogP contribution in [0.1, 0.15) is 25.7 Å². The Hall–Kier alpha value is -0.170. The maximum Gasteiger partial charge on any atom is 0.218 e. The van der Waals surface area contributed by atoms with Crippen LogP contribution in [0.4, 0.5) is 0 Å². The molecule has 2 atom stereocenters. The van der Waals surface area contributed by atoms with Crippen LogP contribution in [0.25, 0.3) is 0 Å². The van der Waals surface area contributed by atoms with Gasteiger partial charge < -0.3 is 10.4 Å².